The molecule has 0 radical (unpaired) electrons. The standard InChI is InChI=1S/C30H39N3O3/c1-31(2)29(35)25-11-7-10-24(18-25)21-12-14-22(15-13-21)28-26-19-32(30(36)23-8-3-4-9-23)16-5-6-17-33(26)27(28)20-34/h7,10-15,18,23,26-28,34H,3-6,8-9,16-17,19-20H2,1-2H3/t26-,27-,28-/m1/s1. The first-order valence-electron chi connectivity index (χ1n) is 13.6. The molecule has 3 atom stereocenters. The monoisotopic (exact) mass is 489 g/mol. The third-order valence-corrected chi connectivity index (χ3v) is 8.53. The number of carbonyl (C=O) groups is 2. The second kappa shape index (κ2) is 10.7. The molecule has 2 amide bonds. The maximum absolute atomic E-state index is 13.3. The molecule has 2 heterocycles. The topological polar surface area (TPSA) is 64.1 Å². The molecule has 0 aromatic heterocycles. The number of aliphatic hydroxyl groups is 1. The average Bonchev–Trinajstić information content (AvgIpc) is 3.42. The largest absolute Gasteiger partial charge is 0.395 e. The van der Waals surface area contributed by atoms with Gasteiger partial charge < -0.3 is 14.9 Å². The second-order valence-corrected chi connectivity index (χ2v) is 11.0. The van der Waals surface area contributed by atoms with E-state index in [2.05, 4.69) is 34.1 Å². The molecule has 6 nitrogen and oxygen atoms in total. The number of hydrogen-bond acceptors (Lipinski definition) is 4. The average molecular weight is 490 g/mol. The number of carbonyl (C=O) groups excluding carboxylic acids is 2. The Morgan fingerprint density at radius 3 is 2.36 bits per heavy atom. The minimum atomic E-state index is -0.00481. The van der Waals surface area contributed by atoms with Crippen LogP contribution in [0.3, 0.4) is 0 Å². The molecule has 1 saturated carbocycles. The van der Waals surface area contributed by atoms with Gasteiger partial charge in [-0.3, -0.25) is 14.5 Å². The zero-order chi connectivity index (χ0) is 25.2. The summed E-state index contributed by atoms with van der Waals surface area (Å²) in [4.78, 5) is 31.8. The van der Waals surface area contributed by atoms with Crippen molar-refractivity contribution in [3.8, 4) is 11.1 Å². The van der Waals surface area contributed by atoms with Crippen molar-refractivity contribution in [3.05, 3.63) is 59.7 Å². The molecule has 192 valence electrons. The van der Waals surface area contributed by atoms with Crippen LogP contribution in [0.15, 0.2) is 48.5 Å². The Bertz CT molecular complexity index is 1080. The molecule has 6 heteroatoms. The van der Waals surface area contributed by atoms with Gasteiger partial charge in [0.2, 0.25) is 5.91 Å². The molecule has 0 bridgehead atoms. The van der Waals surface area contributed by atoms with Crippen LogP contribution in [-0.4, -0.2) is 84.0 Å². The van der Waals surface area contributed by atoms with Crippen LogP contribution in [0, 0.1) is 5.92 Å². The first kappa shape index (κ1) is 25.0. The van der Waals surface area contributed by atoms with E-state index in [1.807, 2.05) is 24.3 Å². The molecular weight excluding hydrogens is 450 g/mol. The van der Waals surface area contributed by atoms with Crippen molar-refractivity contribution < 1.29 is 14.7 Å². The Hall–Kier alpha value is -2.70. The quantitative estimate of drug-likeness (QED) is 0.690. The van der Waals surface area contributed by atoms with Gasteiger partial charge in [0.1, 0.15) is 0 Å². The fourth-order valence-corrected chi connectivity index (χ4v) is 6.56. The van der Waals surface area contributed by atoms with Crippen molar-refractivity contribution in [3.63, 3.8) is 0 Å². The van der Waals surface area contributed by atoms with Crippen LogP contribution in [0.2, 0.25) is 0 Å². The summed E-state index contributed by atoms with van der Waals surface area (Å²) >= 11 is 0. The Labute approximate surface area is 214 Å². The predicted molar refractivity (Wildman–Crippen MR) is 142 cm³/mol. The Balaban J connectivity index is 1.36. The highest BCUT2D eigenvalue weighted by atomic mass is 16.3. The highest BCUT2D eigenvalue weighted by Gasteiger charge is 2.49. The van der Waals surface area contributed by atoms with Crippen LogP contribution in [0.25, 0.3) is 11.1 Å². The predicted octanol–water partition coefficient (Wildman–Crippen LogP) is 4.00. The van der Waals surface area contributed by atoms with Gasteiger partial charge in [-0.15, -0.1) is 0 Å². The van der Waals surface area contributed by atoms with Crippen LogP contribution >= 0.6 is 0 Å². The van der Waals surface area contributed by atoms with Crippen LogP contribution in [0.5, 0.6) is 0 Å². The van der Waals surface area contributed by atoms with Gasteiger partial charge in [-0.05, 0) is 61.1 Å². The number of nitrogens with zero attached hydrogens (tertiary/aromatic N) is 3. The number of amides is 2. The van der Waals surface area contributed by atoms with Crippen molar-refractivity contribution in [1.82, 2.24) is 14.7 Å². The third-order valence-electron chi connectivity index (χ3n) is 8.53. The Kier molecular flexibility index (Phi) is 7.44. The summed E-state index contributed by atoms with van der Waals surface area (Å²) < 4.78 is 0. The number of benzene rings is 2. The van der Waals surface area contributed by atoms with E-state index in [9.17, 15) is 14.7 Å². The fourth-order valence-electron chi connectivity index (χ4n) is 6.56. The van der Waals surface area contributed by atoms with Gasteiger partial charge in [-0.2, -0.15) is 0 Å². The van der Waals surface area contributed by atoms with Gasteiger partial charge in [0.25, 0.3) is 5.91 Å². The molecule has 2 aromatic carbocycles. The summed E-state index contributed by atoms with van der Waals surface area (Å²) in [6, 6.07) is 16.7. The van der Waals surface area contributed by atoms with Crippen molar-refractivity contribution in [2.75, 3.05) is 40.3 Å². The first-order chi connectivity index (χ1) is 17.5. The summed E-state index contributed by atoms with van der Waals surface area (Å²) in [5, 5.41) is 10.3. The molecule has 1 N–H and O–H groups in total. The zero-order valence-corrected chi connectivity index (χ0v) is 21.6. The second-order valence-electron chi connectivity index (χ2n) is 11.0. The van der Waals surface area contributed by atoms with Gasteiger partial charge in [0.15, 0.2) is 0 Å². The molecule has 3 aliphatic rings. The van der Waals surface area contributed by atoms with Crippen molar-refractivity contribution in [2.45, 2.75) is 56.5 Å². The molecule has 2 aliphatic heterocycles. The number of hydrogen-bond donors (Lipinski definition) is 1. The number of aliphatic hydroxyl groups excluding tert-OH is 1. The lowest BCUT2D eigenvalue weighted by atomic mass is 9.74. The van der Waals surface area contributed by atoms with E-state index in [1.54, 1.807) is 19.0 Å². The smallest absolute Gasteiger partial charge is 0.253 e. The number of fused-ring (bicyclic) bond motifs is 1. The molecule has 2 aromatic rings. The lowest BCUT2D eigenvalue weighted by Gasteiger charge is -2.57. The Morgan fingerprint density at radius 1 is 0.944 bits per heavy atom. The van der Waals surface area contributed by atoms with E-state index in [-0.39, 0.29) is 36.4 Å². The number of rotatable bonds is 5. The summed E-state index contributed by atoms with van der Waals surface area (Å²) in [7, 11) is 3.53. The minimum Gasteiger partial charge on any atom is -0.395 e. The summed E-state index contributed by atoms with van der Waals surface area (Å²) in [5.41, 5.74) is 3.98. The van der Waals surface area contributed by atoms with Gasteiger partial charge in [-0.25, -0.2) is 0 Å². The van der Waals surface area contributed by atoms with Crippen molar-refractivity contribution >= 4 is 11.8 Å². The maximum atomic E-state index is 13.3. The van der Waals surface area contributed by atoms with Crippen LogP contribution in [0.4, 0.5) is 0 Å². The van der Waals surface area contributed by atoms with Gasteiger partial charge in [0, 0.05) is 56.7 Å². The lowest BCUT2D eigenvalue weighted by molar-refractivity contribution is -0.140. The van der Waals surface area contributed by atoms with Gasteiger partial charge >= 0.3 is 0 Å². The van der Waals surface area contributed by atoms with E-state index >= 15 is 0 Å². The fraction of sp³-hybridized carbons (Fsp3) is 0.533. The van der Waals surface area contributed by atoms with Crippen LogP contribution < -0.4 is 0 Å². The molecular formula is C30H39N3O3. The normalized spacial score (nSPS) is 25.0. The SMILES string of the molecule is CN(C)C(=O)c1cccc(-c2ccc([C@H]3[C@@H](CO)N4CCCCN(C(=O)C5CCCC5)C[C@H]34)cc2)c1. The van der Waals surface area contributed by atoms with Crippen molar-refractivity contribution in [2.24, 2.45) is 5.92 Å². The Morgan fingerprint density at radius 2 is 1.67 bits per heavy atom. The summed E-state index contributed by atoms with van der Waals surface area (Å²) in [6.45, 7) is 2.74. The van der Waals surface area contributed by atoms with E-state index in [4.69, 9.17) is 0 Å². The molecule has 3 fully saturated rings. The summed E-state index contributed by atoms with van der Waals surface area (Å²) in [6.07, 6.45) is 6.52. The molecule has 5 rings (SSSR count). The van der Waals surface area contributed by atoms with Gasteiger partial charge in [-0.1, -0.05) is 49.2 Å². The first-order valence-corrected chi connectivity index (χ1v) is 13.6. The minimum absolute atomic E-state index is 0.00481. The van der Waals surface area contributed by atoms with Crippen molar-refractivity contribution in [1.29, 1.82) is 0 Å². The molecule has 1 aliphatic carbocycles. The van der Waals surface area contributed by atoms with Crippen LogP contribution in [-0.2, 0) is 4.79 Å². The van der Waals surface area contributed by atoms with Gasteiger partial charge in [0.05, 0.1) is 6.61 Å². The van der Waals surface area contributed by atoms with Crippen LogP contribution in [0.1, 0.15) is 60.4 Å². The van der Waals surface area contributed by atoms with E-state index in [0.29, 0.717) is 11.5 Å². The molecule has 0 spiro atoms. The molecule has 2 saturated heterocycles. The summed E-state index contributed by atoms with van der Waals surface area (Å²) in [5.74, 6) is 0.764. The third kappa shape index (κ3) is 4.81. The van der Waals surface area contributed by atoms with E-state index < -0.39 is 0 Å². The maximum Gasteiger partial charge on any atom is 0.253 e. The zero-order valence-electron chi connectivity index (χ0n) is 21.6. The lowest BCUT2D eigenvalue weighted by Crippen LogP contribution is -2.68. The highest BCUT2D eigenvalue weighted by molar-refractivity contribution is 5.95. The van der Waals surface area contributed by atoms with E-state index in [1.165, 1.54) is 18.4 Å². The molecule has 36 heavy (non-hydrogen) atoms. The van der Waals surface area contributed by atoms with E-state index in [0.717, 1.165) is 56.4 Å². The molecule has 0 unspecified atom stereocenters. The highest BCUT2D eigenvalue weighted by Crippen LogP contribution is 2.42.